The van der Waals surface area contributed by atoms with Crippen LogP contribution in [0.5, 0.6) is 0 Å². The summed E-state index contributed by atoms with van der Waals surface area (Å²) in [6, 6.07) is 3.70. The molecule has 1 saturated heterocycles. The molecule has 1 aliphatic rings. The van der Waals surface area contributed by atoms with Crippen LogP contribution in [0.3, 0.4) is 0 Å². The standard InChI is InChI=1S/C11H16N2O2/c1-12-5-6-15-11(7-12)8-13-4-2-3-10(13)9-14/h2-4,9,11H,5-8H2,1H3. The summed E-state index contributed by atoms with van der Waals surface area (Å²) in [7, 11) is 2.09. The van der Waals surface area contributed by atoms with Crippen molar-refractivity contribution < 1.29 is 9.53 Å². The van der Waals surface area contributed by atoms with Crippen molar-refractivity contribution in [2.75, 3.05) is 26.7 Å². The first kappa shape index (κ1) is 10.4. The molecule has 1 aliphatic heterocycles. The quantitative estimate of drug-likeness (QED) is 0.683. The number of aldehydes is 1. The molecule has 82 valence electrons. The molecule has 0 saturated carbocycles. The van der Waals surface area contributed by atoms with E-state index in [1.165, 1.54) is 0 Å². The Bertz CT molecular complexity index is 335. The van der Waals surface area contributed by atoms with E-state index in [-0.39, 0.29) is 6.10 Å². The van der Waals surface area contributed by atoms with Crippen molar-refractivity contribution in [2.45, 2.75) is 12.6 Å². The Morgan fingerprint density at radius 3 is 3.27 bits per heavy atom. The molecule has 1 atom stereocenters. The third-order valence-corrected chi connectivity index (χ3v) is 2.73. The van der Waals surface area contributed by atoms with Crippen molar-refractivity contribution in [2.24, 2.45) is 0 Å². The molecule has 0 N–H and O–H groups in total. The maximum absolute atomic E-state index is 10.7. The molecule has 4 nitrogen and oxygen atoms in total. The second-order valence-corrected chi connectivity index (χ2v) is 3.96. The van der Waals surface area contributed by atoms with E-state index in [0.29, 0.717) is 5.69 Å². The minimum Gasteiger partial charge on any atom is -0.374 e. The lowest BCUT2D eigenvalue weighted by molar-refractivity contribution is -0.0275. The highest BCUT2D eigenvalue weighted by atomic mass is 16.5. The van der Waals surface area contributed by atoms with E-state index in [2.05, 4.69) is 11.9 Å². The van der Waals surface area contributed by atoms with E-state index < -0.39 is 0 Å². The van der Waals surface area contributed by atoms with Gasteiger partial charge in [0.1, 0.15) is 0 Å². The van der Waals surface area contributed by atoms with Crippen LogP contribution in [0.1, 0.15) is 10.5 Å². The van der Waals surface area contributed by atoms with Gasteiger partial charge in [0.05, 0.1) is 24.9 Å². The first-order valence-corrected chi connectivity index (χ1v) is 5.20. The average Bonchev–Trinajstić information content (AvgIpc) is 2.65. The highest BCUT2D eigenvalue weighted by Gasteiger charge is 2.18. The van der Waals surface area contributed by atoms with Crippen LogP contribution in [0.15, 0.2) is 18.3 Å². The molecule has 4 heteroatoms. The molecular formula is C11H16N2O2. The Morgan fingerprint density at radius 2 is 2.53 bits per heavy atom. The van der Waals surface area contributed by atoms with E-state index in [1.807, 2.05) is 22.9 Å². The minimum atomic E-state index is 0.190. The molecular weight excluding hydrogens is 192 g/mol. The summed E-state index contributed by atoms with van der Waals surface area (Å²) < 4.78 is 7.58. The van der Waals surface area contributed by atoms with Crippen LogP contribution in [0.2, 0.25) is 0 Å². The van der Waals surface area contributed by atoms with Gasteiger partial charge in [0.2, 0.25) is 0 Å². The molecule has 0 aliphatic carbocycles. The van der Waals surface area contributed by atoms with Crippen LogP contribution in [0, 0.1) is 0 Å². The van der Waals surface area contributed by atoms with Gasteiger partial charge in [-0.2, -0.15) is 0 Å². The second kappa shape index (κ2) is 4.59. The number of likely N-dealkylation sites (N-methyl/N-ethyl adjacent to an activating group) is 1. The normalized spacial score (nSPS) is 22.9. The Balaban J connectivity index is 1.98. The van der Waals surface area contributed by atoms with Gasteiger partial charge in [0.25, 0.3) is 0 Å². The molecule has 0 spiro atoms. The molecule has 0 radical (unpaired) electrons. The molecule has 1 fully saturated rings. The highest BCUT2D eigenvalue weighted by Crippen LogP contribution is 2.08. The summed E-state index contributed by atoms with van der Waals surface area (Å²) in [5.74, 6) is 0. The number of carbonyl (C=O) groups is 1. The summed E-state index contributed by atoms with van der Waals surface area (Å²) in [4.78, 5) is 13.0. The fourth-order valence-electron chi connectivity index (χ4n) is 1.90. The van der Waals surface area contributed by atoms with Crippen LogP contribution in [-0.4, -0.2) is 48.6 Å². The van der Waals surface area contributed by atoms with Crippen molar-refractivity contribution in [3.05, 3.63) is 24.0 Å². The third kappa shape index (κ3) is 2.46. The molecule has 1 aromatic heterocycles. The SMILES string of the molecule is CN1CCOC(Cn2cccc2C=O)C1. The van der Waals surface area contributed by atoms with Gasteiger partial charge in [-0.15, -0.1) is 0 Å². The smallest absolute Gasteiger partial charge is 0.166 e. The number of morpholine rings is 1. The number of aromatic nitrogens is 1. The zero-order valence-corrected chi connectivity index (χ0v) is 8.93. The summed E-state index contributed by atoms with van der Waals surface area (Å²) in [5.41, 5.74) is 0.715. The predicted molar refractivity (Wildman–Crippen MR) is 57.1 cm³/mol. The molecule has 0 amide bonds. The van der Waals surface area contributed by atoms with E-state index in [1.54, 1.807) is 0 Å². The summed E-state index contributed by atoms with van der Waals surface area (Å²) >= 11 is 0. The number of carbonyl (C=O) groups excluding carboxylic acids is 1. The number of ether oxygens (including phenoxy) is 1. The fraction of sp³-hybridized carbons (Fsp3) is 0.545. The van der Waals surface area contributed by atoms with E-state index in [4.69, 9.17) is 4.74 Å². The first-order valence-electron chi connectivity index (χ1n) is 5.20. The summed E-state index contributed by atoms with van der Waals surface area (Å²) in [5, 5.41) is 0. The summed E-state index contributed by atoms with van der Waals surface area (Å²) in [6.07, 6.45) is 2.99. The maximum Gasteiger partial charge on any atom is 0.166 e. The van der Waals surface area contributed by atoms with E-state index >= 15 is 0 Å². The average molecular weight is 208 g/mol. The molecule has 0 bridgehead atoms. The van der Waals surface area contributed by atoms with Crippen molar-refractivity contribution in [1.29, 1.82) is 0 Å². The second-order valence-electron chi connectivity index (χ2n) is 3.96. The fourth-order valence-corrected chi connectivity index (χ4v) is 1.90. The lowest BCUT2D eigenvalue weighted by Gasteiger charge is -2.30. The zero-order valence-electron chi connectivity index (χ0n) is 8.93. The number of nitrogens with zero attached hydrogens (tertiary/aromatic N) is 2. The Morgan fingerprint density at radius 1 is 1.67 bits per heavy atom. The lowest BCUT2D eigenvalue weighted by atomic mass is 10.3. The van der Waals surface area contributed by atoms with Gasteiger partial charge in [-0.3, -0.25) is 4.79 Å². The topological polar surface area (TPSA) is 34.5 Å². The Labute approximate surface area is 89.4 Å². The highest BCUT2D eigenvalue weighted by molar-refractivity contribution is 5.72. The Kier molecular flexibility index (Phi) is 3.18. The van der Waals surface area contributed by atoms with Crippen LogP contribution in [0.25, 0.3) is 0 Å². The molecule has 0 aromatic carbocycles. The summed E-state index contributed by atoms with van der Waals surface area (Å²) in [6.45, 7) is 3.45. The van der Waals surface area contributed by atoms with E-state index in [0.717, 1.165) is 32.5 Å². The van der Waals surface area contributed by atoms with Gasteiger partial charge in [-0.05, 0) is 19.2 Å². The number of rotatable bonds is 3. The minimum absolute atomic E-state index is 0.190. The monoisotopic (exact) mass is 208 g/mol. The van der Waals surface area contributed by atoms with Gasteiger partial charge in [0, 0.05) is 19.3 Å². The predicted octanol–water partition coefficient (Wildman–Crippen LogP) is 0.631. The molecule has 1 aromatic rings. The van der Waals surface area contributed by atoms with Gasteiger partial charge >= 0.3 is 0 Å². The largest absolute Gasteiger partial charge is 0.374 e. The molecule has 15 heavy (non-hydrogen) atoms. The van der Waals surface area contributed by atoms with Crippen LogP contribution in [0.4, 0.5) is 0 Å². The van der Waals surface area contributed by atoms with Crippen molar-refractivity contribution in [1.82, 2.24) is 9.47 Å². The molecule has 1 unspecified atom stereocenters. The molecule has 2 rings (SSSR count). The van der Waals surface area contributed by atoms with Crippen molar-refractivity contribution in [3.63, 3.8) is 0 Å². The third-order valence-electron chi connectivity index (χ3n) is 2.73. The molecule has 2 heterocycles. The van der Waals surface area contributed by atoms with Crippen LogP contribution in [-0.2, 0) is 11.3 Å². The van der Waals surface area contributed by atoms with Crippen molar-refractivity contribution >= 4 is 6.29 Å². The van der Waals surface area contributed by atoms with Crippen LogP contribution >= 0.6 is 0 Å². The number of hydrogen-bond donors (Lipinski definition) is 0. The van der Waals surface area contributed by atoms with Crippen molar-refractivity contribution in [3.8, 4) is 0 Å². The van der Waals surface area contributed by atoms with Gasteiger partial charge in [0.15, 0.2) is 6.29 Å². The van der Waals surface area contributed by atoms with Gasteiger partial charge in [-0.1, -0.05) is 0 Å². The number of hydrogen-bond acceptors (Lipinski definition) is 3. The van der Waals surface area contributed by atoms with Crippen LogP contribution < -0.4 is 0 Å². The zero-order chi connectivity index (χ0) is 10.7. The van der Waals surface area contributed by atoms with E-state index in [9.17, 15) is 4.79 Å². The lowest BCUT2D eigenvalue weighted by Crippen LogP contribution is -2.42. The Hall–Kier alpha value is -1.13. The first-order chi connectivity index (χ1) is 7.29. The van der Waals surface area contributed by atoms with Gasteiger partial charge in [-0.25, -0.2) is 0 Å². The maximum atomic E-state index is 10.7. The van der Waals surface area contributed by atoms with Gasteiger partial charge < -0.3 is 14.2 Å².